The first-order valence-corrected chi connectivity index (χ1v) is 9.52. The van der Waals surface area contributed by atoms with Crippen molar-refractivity contribution in [3.8, 4) is 5.75 Å². The number of hydrogen-bond donors (Lipinski definition) is 2. The molecule has 7 nitrogen and oxygen atoms in total. The third kappa shape index (κ3) is 7.65. The van der Waals surface area contributed by atoms with E-state index in [0.29, 0.717) is 24.5 Å². The minimum absolute atomic E-state index is 0.0595. The maximum Gasteiger partial charge on any atom is 0.306 e. The van der Waals surface area contributed by atoms with Crippen LogP contribution in [-0.4, -0.2) is 31.0 Å². The van der Waals surface area contributed by atoms with Crippen LogP contribution in [-0.2, 0) is 19.1 Å². The average molecular weight is 398 g/mol. The van der Waals surface area contributed by atoms with Gasteiger partial charge in [-0.3, -0.25) is 14.4 Å². The minimum Gasteiger partial charge on any atom is -0.492 e. The molecule has 0 aromatic heterocycles. The lowest BCUT2D eigenvalue weighted by molar-refractivity contribution is -0.147. The second kappa shape index (κ2) is 11.5. The van der Waals surface area contributed by atoms with Gasteiger partial charge in [0, 0.05) is 18.5 Å². The second-order valence-corrected chi connectivity index (χ2v) is 6.35. The van der Waals surface area contributed by atoms with E-state index in [0.717, 1.165) is 11.3 Å². The largest absolute Gasteiger partial charge is 0.492 e. The average Bonchev–Trinajstić information content (AvgIpc) is 2.70. The summed E-state index contributed by atoms with van der Waals surface area (Å²) < 4.78 is 10.4. The highest BCUT2D eigenvalue weighted by Gasteiger charge is 2.11. The quantitative estimate of drug-likeness (QED) is 0.596. The summed E-state index contributed by atoms with van der Waals surface area (Å²) >= 11 is 0. The molecule has 0 aliphatic carbocycles. The lowest BCUT2D eigenvalue weighted by atomic mass is 10.2. The van der Waals surface area contributed by atoms with Crippen molar-refractivity contribution in [1.82, 2.24) is 0 Å². The molecule has 0 heterocycles. The van der Waals surface area contributed by atoms with Crippen LogP contribution in [0.3, 0.4) is 0 Å². The zero-order chi connectivity index (χ0) is 21.1. The number of nitrogens with one attached hydrogen (secondary N) is 2. The van der Waals surface area contributed by atoms with Crippen LogP contribution < -0.4 is 15.4 Å². The number of ether oxygens (including phenoxy) is 2. The van der Waals surface area contributed by atoms with E-state index in [1.165, 1.54) is 0 Å². The highest BCUT2D eigenvalue weighted by molar-refractivity contribution is 5.94. The van der Waals surface area contributed by atoms with E-state index in [-0.39, 0.29) is 18.7 Å². The summed E-state index contributed by atoms with van der Waals surface area (Å²) in [5.41, 5.74) is 2.24. The maximum absolute atomic E-state index is 12.0. The standard InChI is InChI=1S/C22H26N2O5/c1-3-28-19-12-7-6-11-18(19)24-21(26)15-29-22(27)14-8-13-20(25)23-17-10-5-4-9-16(17)2/h4-7,9-12H,3,8,13-15H2,1-2H3,(H,23,25)(H,24,26). The fraction of sp³-hybridized carbons (Fsp3) is 0.318. The molecule has 0 bridgehead atoms. The number of amides is 2. The first-order valence-electron chi connectivity index (χ1n) is 9.52. The Morgan fingerprint density at radius 1 is 0.862 bits per heavy atom. The predicted molar refractivity (Wildman–Crippen MR) is 111 cm³/mol. The summed E-state index contributed by atoms with van der Waals surface area (Å²) in [6.07, 6.45) is 0.590. The van der Waals surface area contributed by atoms with E-state index < -0.39 is 18.5 Å². The van der Waals surface area contributed by atoms with Crippen LogP contribution in [0.5, 0.6) is 5.75 Å². The Hall–Kier alpha value is -3.35. The van der Waals surface area contributed by atoms with Gasteiger partial charge >= 0.3 is 5.97 Å². The second-order valence-electron chi connectivity index (χ2n) is 6.35. The van der Waals surface area contributed by atoms with Crippen LogP contribution in [0.4, 0.5) is 11.4 Å². The van der Waals surface area contributed by atoms with E-state index in [2.05, 4.69) is 10.6 Å². The van der Waals surface area contributed by atoms with Crippen molar-refractivity contribution in [3.63, 3.8) is 0 Å². The normalized spacial score (nSPS) is 10.1. The molecule has 0 unspecified atom stereocenters. The molecular weight excluding hydrogens is 372 g/mol. The molecule has 2 rings (SSSR count). The lowest BCUT2D eigenvalue weighted by Crippen LogP contribution is -2.21. The molecule has 7 heteroatoms. The molecule has 0 atom stereocenters. The molecule has 29 heavy (non-hydrogen) atoms. The van der Waals surface area contributed by atoms with E-state index in [9.17, 15) is 14.4 Å². The highest BCUT2D eigenvalue weighted by atomic mass is 16.5. The summed E-state index contributed by atoms with van der Waals surface area (Å²) in [5.74, 6) is -0.601. The topological polar surface area (TPSA) is 93.7 Å². The molecule has 0 saturated heterocycles. The van der Waals surface area contributed by atoms with Crippen molar-refractivity contribution in [3.05, 3.63) is 54.1 Å². The van der Waals surface area contributed by atoms with Gasteiger partial charge in [-0.1, -0.05) is 30.3 Å². The number of para-hydroxylation sites is 3. The Balaban J connectivity index is 1.67. The Morgan fingerprint density at radius 3 is 2.24 bits per heavy atom. The van der Waals surface area contributed by atoms with Crippen molar-refractivity contribution in [2.24, 2.45) is 0 Å². The van der Waals surface area contributed by atoms with Gasteiger partial charge in [0.05, 0.1) is 12.3 Å². The molecule has 2 aromatic rings. The molecule has 0 spiro atoms. The third-order valence-electron chi connectivity index (χ3n) is 4.03. The summed E-state index contributed by atoms with van der Waals surface area (Å²) in [7, 11) is 0. The van der Waals surface area contributed by atoms with Crippen LogP contribution in [0.25, 0.3) is 0 Å². The summed E-state index contributed by atoms with van der Waals surface area (Å²) in [4.78, 5) is 35.7. The van der Waals surface area contributed by atoms with Gasteiger partial charge in [-0.25, -0.2) is 0 Å². The smallest absolute Gasteiger partial charge is 0.306 e. The SMILES string of the molecule is CCOc1ccccc1NC(=O)COC(=O)CCCC(=O)Nc1ccccc1C. The zero-order valence-corrected chi connectivity index (χ0v) is 16.7. The predicted octanol–water partition coefficient (Wildman–Crippen LogP) is 3.68. The van der Waals surface area contributed by atoms with Gasteiger partial charge in [-0.15, -0.1) is 0 Å². The van der Waals surface area contributed by atoms with Crippen LogP contribution in [0.2, 0.25) is 0 Å². The van der Waals surface area contributed by atoms with Gasteiger partial charge in [0.25, 0.3) is 5.91 Å². The highest BCUT2D eigenvalue weighted by Crippen LogP contribution is 2.23. The van der Waals surface area contributed by atoms with Crippen molar-refractivity contribution in [2.75, 3.05) is 23.8 Å². The first-order chi connectivity index (χ1) is 14.0. The number of benzene rings is 2. The Kier molecular flexibility index (Phi) is 8.69. The molecule has 2 aromatic carbocycles. The molecule has 0 aliphatic heterocycles. The number of rotatable bonds is 10. The summed E-state index contributed by atoms with van der Waals surface area (Å²) in [5, 5.41) is 5.46. The van der Waals surface area contributed by atoms with Gasteiger partial charge in [-0.05, 0) is 44.0 Å². The first kappa shape index (κ1) is 21.9. The number of carbonyl (C=O) groups is 3. The molecule has 154 valence electrons. The van der Waals surface area contributed by atoms with Crippen molar-refractivity contribution < 1.29 is 23.9 Å². The maximum atomic E-state index is 12.0. The van der Waals surface area contributed by atoms with Gasteiger partial charge in [0.15, 0.2) is 6.61 Å². The summed E-state index contributed by atoms with van der Waals surface area (Å²) in [6, 6.07) is 14.5. The van der Waals surface area contributed by atoms with Gasteiger partial charge in [0.2, 0.25) is 5.91 Å². The number of aryl methyl sites for hydroxylation is 1. The van der Waals surface area contributed by atoms with Crippen LogP contribution in [0, 0.1) is 6.92 Å². The van der Waals surface area contributed by atoms with E-state index in [1.54, 1.807) is 24.3 Å². The number of carbonyl (C=O) groups excluding carboxylic acids is 3. The molecule has 2 N–H and O–H groups in total. The molecule has 0 saturated carbocycles. The molecule has 2 amide bonds. The minimum atomic E-state index is -0.526. The van der Waals surface area contributed by atoms with Gasteiger partial charge in [-0.2, -0.15) is 0 Å². The van der Waals surface area contributed by atoms with Crippen molar-refractivity contribution >= 4 is 29.2 Å². The van der Waals surface area contributed by atoms with E-state index in [1.807, 2.05) is 38.1 Å². The molecular formula is C22H26N2O5. The number of anilines is 2. The lowest BCUT2D eigenvalue weighted by Gasteiger charge is -2.11. The third-order valence-corrected chi connectivity index (χ3v) is 4.03. The van der Waals surface area contributed by atoms with Crippen molar-refractivity contribution in [2.45, 2.75) is 33.1 Å². The Labute approximate surface area is 170 Å². The van der Waals surface area contributed by atoms with E-state index >= 15 is 0 Å². The Bertz CT molecular complexity index is 851. The van der Waals surface area contributed by atoms with Crippen LogP contribution >= 0.6 is 0 Å². The zero-order valence-electron chi connectivity index (χ0n) is 16.7. The molecule has 0 fully saturated rings. The van der Waals surface area contributed by atoms with E-state index in [4.69, 9.17) is 9.47 Å². The van der Waals surface area contributed by atoms with Crippen molar-refractivity contribution in [1.29, 1.82) is 0 Å². The molecule has 0 radical (unpaired) electrons. The van der Waals surface area contributed by atoms with Gasteiger partial charge < -0.3 is 20.1 Å². The summed E-state index contributed by atoms with van der Waals surface area (Å²) in [6.45, 7) is 3.83. The van der Waals surface area contributed by atoms with Crippen LogP contribution in [0.1, 0.15) is 31.7 Å². The van der Waals surface area contributed by atoms with Gasteiger partial charge in [0.1, 0.15) is 5.75 Å². The monoisotopic (exact) mass is 398 g/mol. The molecule has 0 aliphatic rings. The Morgan fingerprint density at radius 2 is 1.52 bits per heavy atom. The fourth-order valence-electron chi connectivity index (χ4n) is 2.57. The number of esters is 1. The fourth-order valence-corrected chi connectivity index (χ4v) is 2.57. The number of hydrogen-bond acceptors (Lipinski definition) is 5. The van der Waals surface area contributed by atoms with Crippen LogP contribution in [0.15, 0.2) is 48.5 Å².